The maximum Gasteiger partial charge on any atom is 0.277 e. The Bertz CT molecular complexity index is 1140. The fraction of sp³-hybridized carbons (Fsp3) is 0.520. The van der Waals surface area contributed by atoms with Crippen LogP contribution in [0, 0.1) is 5.92 Å². The van der Waals surface area contributed by atoms with E-state index in [9.17, 15) is 4.79 Å². The van der Waals surface area contributed by atoms with Gasteiger partial charge in [-0.05, 0) is 62.5 Å². The monoisotopic (exact) mass is 480 g/mol. The van der Waals surface area contributed by atoms with Crippen molar-refractivity contribution < 1.29 is 9.21 Å². The summed E-state index contributed by atoms with van der Waals surface area (Å²) in [6.07, 6.45) is 11.9. The summed E-state index contributed by atoms with van der Waals surface area (Å²) in [5, 5.41) is 11.7. The van der Waals surface area contributed by atoms with Gasteiger partial charge >= 0.3 is 0 Å². The number of aromatic nitrogens is 4. The van der Waals surface area contributed by atoms with Gasteiger partial charge in [-0.2, -0.15) is 17.7 Å². The highest BCUT2D eigenvalue weighted by molar-refractivity contribution is 7.80. The molecule has 3 heterocycles. The Balaban J connectivity index is 1.29. The Morgan fingerprint density at radius 2 is 2.03 bits per heavy atom. The average Bonchev–Trinajstić information content (AvgIpc) is 3.35. The minimum atomic E-state index is -0.309. The lowest BCUT2D eigenvalue weighted by molar-refractivity contribution is 0.102. The summed E-state index contributed by atoms with van der Waals surface area (Å²) in [7, 11) is 0. The molecule has 2 N–H and O–H groups in total. The lowest BCUT2D eigenvalue weighted by Gasteiger charge is -2.25. The number of nitrogens with zero attached hydrogens (tertiary/aromatic N) is 4. The smallest absolute Gasteiger partial charge is 0.277 e. The van der Waals surface area contributed by atoms with E-state index < -0.39 is 0 Å². The SMILES string of the molecule is CC(C)c1nn([C@H]2CC[C@H](S)CC2)cc1NC(=O)c1coc(-c2ccnc(NCC3CC3)c2)n1. The van der Waals surface area contributed by atoms with Gasteiger partial charge in [-0.3, -0.25) is 9.48 Å². The largest absolute Gasteiger partial charge is 0.444 e. The number of hydrogen-bond donors (Lipinski definition) is 3. The Morgan fingerprint density at radius 3 is 2.76 bits per heavy atom. The van der Waals surface area contributed by atoms with E-state index in [1.165, 1.54) is 19.1 Å². The van der Waals surface area contributed by atoms with E-state index in [0.717, 1.165) is 60.9 Å². The normalized spacial score (nSPS) is 20.5. The van der Waals surface area contributed by atoms with Crippen molar-refractivity contribution in [3.63, 3.8) is 0 Å². The molecule has 2 saturated carbocycles. The Labute approximate surface area is 205 Å². The zero-order valence-corrected chi connectivity index (χ0v) is 20.6. The molecule has 1 amide bonds. The number of hydrogen-bond acceptors (Lipinski definition) is 7. The van der Waals surface area contributed by atoms with Crippen molar-refractivity contribution in [2.45, 2.75) is 69.6 Å². The van der Waals surface area contributed by atoms with E-state index in [1.54, 1.807) is 6.20 Å². The quantitative estimate of drug-likeness (QED) is 0.366. The lowest BCUT2D eigenvalue weighted by atomic mass is 9.95. The van der Waals surface area contributed by atoms with Crippen LogP contribution < -0.4 is 10.6 Å². The molecule has 0 spiro atoms. The van der Waals surface area contributed by atoms with Gasteiger partial charge in [0.05, 0.1) is 17.4 Å². The third-order valence-electron chi connectivity index (χ3n) is 6.61. The number of oxazole rings is 1. The molecule has 5 rings (SSSR count). The Kier molecular flexibility index (Phi) is 6.63. The molecular formula is C25H32N6O2S. The van der Waals surface area contributed by atoms with Crippen LogP contribution in [0.1, 0.15) is 80.5 Å². The van der Waals surface area contributed by atoms with Crippen molar-refractivity contribution in [1.29, 1.82) is 0 Å². The molecule has 180 valence electrons. The molecule has 0 bridgehead atoms. The van der Waals surface area contributed by atoms with Crippen molar-refractivity contribution in [2.75, 3.05) is 17.2 Å². The molecule has 8 nitrogen and oxygen atoms in total. The van der Waals surface area contributed by atoms with Crippen LogP contribution >= 0.6 is 12.6 Å². The summed E-state index contributed by atoms with van der Waals surface area (Å²) in [4.78, 5) is 21.8. The van der Waals surface area contributed by atoms with Crippen molar-refractivity contribution >= 4 is 30.0 Å². The molecule has 0 aliphatic heterocycles. The van der Waals surface area contributed by atoms with Gasteiger partial charge in [-0.15, -0.1) is 0 Å². The van der Waals surface area contributed by atoms with Crippen LogP contribution in [-0.2, 0) is 0 Å². The van der Waals surface area contributed by atoms with E-state index in [1.807, 2.05) is 23.0 Å². The van der Waals surface area contributed by atoms with Crippen LogP contribution in [-0.4, -0.2) is 37.5 Å². The summed E-state index contributed by atoms with van der Waals surface area (Å²) in [5.74, 6) is 1.81. The third-order valence-corrected chi connectivity index (χ3v) is 7.12. The van der Waals surface area contributed by atoms with E-state index in [0.29, 0.717) is 17.2 Å². The second-order valence-corrected chi connectivity index (χ2v) is 10.5. The molecule has 2 aliphatic carbocycles. The summed E-state index contributed by atoms with van der Waals surface area (Å²) >= 11 is 4.60. The molecule has 2 aliphatic rings. The van der Waals surface area contributed by atoms with E-state index >= 15 is 0 Å². The molecule has 0 atom stereocenters. The Hall–Kier alpha value is -2.81. The van der Waals surface area contributed by atoms with E-state index in [2.05, 4.69) is 47.1 Å². The Morgan fingerprint density at radius 1 is 1.24 bits per heavy atom. The van der Waals surface area contributed by atoms with Gasteiger partial charge in [0.1, 0.15) is 12.1 Å². The first-order valence-corrected chi connectivity index (χ1v) is 12.7. The molecular weight excluding hydrogens is 448 g/mol. The van der Waals surface area contributed by atoms with Crippen LogP contribution in [0.3, 0.4) is 0 Å². The predicted molar refractivity (Wildman–Crippen MR) is 135 cm³/mol. The number of nitrogens with one attached hydrogen (secondary N) is 2. The fourth-order valence-electron chi connectivity index (χ4n) is 4.37. The minimum Gasteiger partial charge on any atom is -0.444 e. The maximum atomic E-state index is 13.0. The van der Waals surface area contributed by atoms with Crippen molar-refractivity contribution in [3.8, 4) is 11.5 Å². The number of rotatable bonds is 8. The fourth-order valence-corrected chi connectivity index (χ4v) is 4.66. The number of pyridine rings is 1. The first-order valence-electron chi connectivity index (χ1n) is 12.2. The predicted octanol–water partition coefficient (Wildman–Crippen LogP) is 5.54. The van der Waals surface area contributed by atoms with Crippen molar-refractivity contribution in [1.82, 2.24) is 19.7 Å². The molecule has 34 heavy (non-hydrogen) atoms. The first kappa shape index (κ1) is 23.0. The van der Waals surface area contributed by atoms with Gasteiger partial charge < -0.3 is 15.1 Å². The maximum absolute atomic E-state index is 13.0. The summed E-state index contributed by atoms with van der Waals surface area (Å²) in [6, 6.07) is 4.08. The van der Waals surface area contributed by atoms with Crippen LogP contribution in [0.15, 0.2) is 35.2 Å². The molecule has 0 radical (unpaired) electrons. The van der Waals surface area contributed by atoms with E-state index in [4.69, 9.17) is 9.52 Å². The standard InChI is InChI=1S/C25H32N6O2S/c1-15(2)23-20(13-31(30-23)18-5-7-19(34)8-6-18)28-24(32)21-14-33-25(29-21)17-9-10-26-22(11-17)27-12-16-3-4-16/h9-11,13-16,18-19,34H,3-8,12H2,1-2H3,(H,26,27)(H,28,32)/t18-,19-. The minimum absolute atomic E-state index is 0.184. The van der Waals surface area contributed by atoms with Gasteiger partial charge in [0, 0.05) is 29.8 Å². The zero-order valence-electron chi connectivity index (χ0n) is 19.7. The highest BCUT2D eigenvalue weighted by Crippen LogP contribution is 2.33. The van der Waals surface area contributed by atoms with Gasteiger partial charge in [-0.25, -0.2) is 9.97 Å². The molecule has 3 aromatic heterocycles. The van der Waals surface area contributed by atoms with Crippen LogP contribution in [0.5, 0.6) is 0 Å². The summed E-state index contributed by atoms with van der Waals surface area (Å²) < 4.78 is 7.65. The summed E-state index contributed by atoms with van der Waals surface area (Å²) in [6.45, 7) is 5.09. The van der Waals surface area contributed by atoms with Crippen molar-refractivity contribution in [3.05, 3.63) is 42.2 Å². The highest BCUT2D eigenvalue weighted by atomic mass is 32.1. The number of carbonyl (C=O) groups is 1. The van der Waals surface area contributed by atoms with Crippen LogP contribution in [0.2, 0.25) is 0 Å². The van der Waals surface area contributed by atoms with Gasteiger partial charge in [-0.1, -0.05) is 13.8 Å². The molecule has 0 unspecified atom stereocenters. The number of thiol groups is 1. The zero-order chi connectivity index (χ0) is 23.7. The molecule has 0 aromatic carbocycles. The van der Waals surface area contributed by atoms with Crippen LogP contribution in [0.25, 0.3) is 11.5 Å². The number of anilines is 2. The highest BCUT2D eigenvalue weighted by Gasteiger charge is 2.25. The second-order valence-electron chi connectivity index (χ2n) is 9.77. The molecule has 2 fully saturated rings. The molecule has 3 aromatic rings. The average molecular weight is 481 g/mol. The first-order chi connectivity index (χ1) is 16.5. The number of amides is 1. The van der Waals surface area contributed by atoms with Gasteiger partial charge in [0.15, 0.2) is 5.69 Å². The number of carbonyl (C=O) groups excluding carboxylic acids is 1. The topological polar surface area (TPSA) is 97.9 Å². The van der Waals surface area contributed by atoms with Crippen LogP contribution in [0.4, 0.5) is 11.5 Å². The summed E-state index contributed by atoms with van der Waals surface area (Å²) in [5.41, 5.74) is 2.62. The molecule has 0 saturated heterocycles. The van der Waals surface area contributed by atoms with E-state index in [-0.39, 0.29) is 17.5 Å². The third kappa shape index (κ3) is 5.29. The second kappa shape index (κ2) is 9.82. The molecule has 9 heteroatoms. The van der Waals surface area contributed by atoms with Crippen molar-refractivity contribution in [2.24, 2.45) is 5.92 Å². The van der Waals surface area contributed by atoms with Gasteiger partial charge in [0.2, 0.25) is 5.89 Å². The van der Waals surface area contributed by atoms with Gasteiger partial charge in [0.25, 0.3) is 5.91 Å². The lowest BCUT2D eigenvalue weighted by Crippen LogP contribution is -2.18.